The summed E-state index contributed by atoms with van der Waals surface area (Å²) in [5.41, 5.74) is 2.40. The van der Waals surface area contributed by atoms with Gasteiger partial charge in [0.1, 0.15) is 17.5 Å². The van der Waals surface area contributed by atoms with Crippen molar-refractivity contribution in [1.29, 1.82) is 0 Å². The Hall–Kier alpha value is -1.58. The van der Waals surface area contributed by atoms with E-state index in [-0.39, 0.29) is 0 Å². The van der Waals surface area contributed by atoms with E-state index in [1.54, 1.807) is 0 Å². The number of aliphatic imine (C=N–C) groups is 2. The maximum Gasteiger partial charge on any atom is 0.143 e. The summed E-state index contributed by atoms with van der Waals surface area (Å²) in [6, 6.07) is 0. The maximum absolute atomic E-state index is 4.52. The summed E-state index contributed by atoms with van der Waals surface area (Å²) in [5, 5.41) is 0. The van der Waals surface area contributed by atoms with Gasteiger partial charge in [0.15, 0.2) is 0 Å². The molecule has 0 atom stereocenters. The molecule has 0 radical (unpaired) electrons. The van der Waals surface area contributed by atoms with E-state index in [2.05, 4.69) is 26.8 Å². The molecule has 2 aliphatic heterocycles. The van der Waals surface area contributed by atoms with Crippen molar-refractivity contribution in [3.05, 3.63) is 17.3 Å². The Kier molecular flexibility index (Phi) is 1.37. The van der Waals surface area contributed by atoms with Crippen LogP contribution in [0.25, 0.3) is 0 Å². The predicted octanol–water partition coefficient (Wildman–Crippen LogP) is 1.45. The lowest BCUT2D eigenvalue weighted by molar-refractivity contribution is 0.657. The number of H-pyrrole nitrogens is 1. The Morgan fingerprint density at radius 2 is 2.29 bits per heavy atom. The van der Waals surface area contributed by atoms with Gasteiger partial charge in [-0.25, -0.2) is 4.99 Å². The average Bonchev–Trinajstić information content (AvgIpc) is 2.72. The standard InChI is InChI=1S/C10H12N4/c1-6-5-12-9-8(6)10-11-3-4-14(10)7(2)13-9/h5,12H,3-4H2,1-2H3. The summed E-state index contributed by atoms with van der Waals surface area (Å²) in [6.45, 7) is 5.96. The first-order valence-corrected chi connectivity index (χ1v) is 4.83. The lowest BCUT2D eigenvalue weighted by Crippen LogP contribution is -2.35. The number of aromatic amines is 1. The Morgan fingerprint density at radius 3 is 3.14 bits per heavy atom. The van der Waals surface area contributed by atoms with Gasteiger partial charge in [-0.1, -0.05) is 0 Å². The van der Waals surface area contributed by atoms with Crippen LogP contribution in [0.5, 0.6) is 0 Å². The Bertz CT molecular complexity index is 453. The number of aromatic nitrogens is 1. The van der Waals surface area contributed by atoms with Crippen LogP contribution in [0.15, 0.2) is 16.2 Å². The highest BCUT2D eigenvalue weighted by Crippen LogP contribution is 2.29. The van der Waals surface area contributed by atoms with Gasteiger partial charge in [-0.3, -0.25) is 4.99 Å². The third-order valence-electron chi connectivity index (χ3n) is 2.79. The van der Waals surface area contributed by atoms with Crippen molar-refractivity contribution in [2.75, 3.05) is 13.1 Å². The van der Waals surface area contributed by atoms with Gasteiger partial charge in [0.2, 0.25) is 0 Å². The van der Waals surface area contributed by atoms with E-state index in [0.29, 0.717) is 0 Å². The smallest absolute Gasteiger partial charge is 0.143 e. The van der Waals surface area contributed by atoms with Crippen LogP contribution < -0.4 is 0 Å². The lowest BCUT2D eigenvalue weighted by atomic mass is 10.1. The molecule has 0 saturated heterocycles. The van der Waals surface area contributed by atoms with E-state index in [1.165, 1.54) is 11.1 Å². The quantitative estimate of drug-likeness (QED) is 0.658. The van der Waals surface area contributed by atoms with Gasteiger partial charge in [0, 0.05) is 12.7 Å². The van der Waals surface area contributed by atoms with Crippen molar-refractivity contribution >= 4 is 17.5 Å². The van der Waals surface area contributed by atoms with Gasteiger partial charge in [-0.05, 0) is 19.4 Å². The van der Waals surface area contributed by atoms with Gasteiger partial charge in [0.25, 0.3) is 0 Å². The van der Waals surface area contributed by atoms with Crippen molar-refractivity contribution in [3.8, 4) is 0 Å². The number of nitrogens with zero attached hydrogens (tertiary/aromatic N) is 3. The van der Waals surface area contributed by atoms with E-state index in [4.69, 9.17) is 0 Å². The minimum atomic E-state index is 0.881. The molecule has 3 rings (SSSR count). The third-order valence-corrected chi connectivity index (χ3v) is 2.79. The van der Waals surface area contributed by atoms with Gasteiger partial charge < -0.3 is 9.88 Å². The van der Waals surface area contributed by atoms with Crippen LogP contribution in [0, 0.1) is 6.92 Å². The topological polar surface area (TPSA) is 43.8 Å². The fourth-order valence-corrected chi connectivity index (χ4v) is 2.08. The first-order valence-electron chi connectivity index (χ1n) is 4.83. The van der Waals surface area contributed by atoms with Crippen molar-refractivity contribution in [1.82, 2.24) is 9.88 Å². The molecule has 0 fully saturated rings. The molecule has 14 heavy (non-hydrogen) atoms. The summed E-state index contributed by atoms with van der Waals surface area (Å²) in [4.78, 5) is 14.4. The van der Waals surface area contributed by atoms with Crippen LogP contribution in [0.2, 0.25) is 0 Å². The summed E-state index contributed by atoms with van der Waals surface area (Å²) in [5.74, 6) is 3.08. The molecule has 1 aromatic rings. The number of hydrogen-bond donors (Lipinski definition) is 1. The zero-order valence-electron chi connectivity index (χ0n) is 8.33. The van der Waals surface area contributed by atoms with Crippen LogP contribution in [0.1, 0.15) is 18.1 Å². The highest BCUT2D eigenvalue weighted by molar-refractivity contribution is 6.15. The number of aryl methyl sites for hydroxylation is 1. The summed E-state index contributed by atoms with van der Waals surface area (Å²) < 4.78 is 0. The van der Waals surface area contributed by atoms with E-state index < -0.39 is 0 Å². The number of nitrogens with one attached hydrogen (secondary N) is 1. The SMILES string of the molecule is CC1=Nc2[nH]cc(C)c2C2=NCCN12. The van der Waals surface area contributed by atoms with Gasteiger partial charge >= 0.3 is 0 Å². The Labute approximate surface area is 82.4 Å². The van der Waals surface area contributed by atoms with Gasteiger partial charge in [-0.2, -0.15) is 0 Å². The largest absolute Gasteiger partial charge is 0.346 e. The highest BCUT2D eigenvalue weighted by Gasteiger charge is 2.29. The second kappa shape index (κ2) is 2.47. The molecular formula is C10H12N4. The molecule has 1 N–H and O–H groups in total. The Morgan fingerprint density at radius 1 is 1.43 bits per heavy atom. The third kappa shape index (κ3) is 0.828. The summed E-state index contributed by atoms with van der Waals surface area (Å²) in [6.07, 6.45) is 1.99. The number of rotatable bonds is 0. The van der Waals surface area contributed by atoms with Gasteiger partial charge in [-0.15, -0.1) is 0 Å². The van der Waals surface area contributed by atoms with Crippen LogP contribution in [0.4, 0.5) is 5.82 Å². The molecule has 4 nitrogen and oxygen atoms in total. The van der Waals surface area contributed by atoms with E-state index >= 15 is 0 Å². The second-order valence-corrected chi connectivity index (χ2v) is 3.71. The molecule has 0 spiro atoms. The molecule has 0 amide bonds. The summed E-state index contributed by atoms with van der Waals surface area (Å²) in [7, 11) is 0. The minimum Gasteiger partial charge on any atom is -0.346 e. The lowest BCUT2D eigenvalue weighted by Gasteiger charge is -2.23. The Balaban J connectivity index is 2.28. The number of hydrogen-bond acceptors (Lipinski definition) is 3. The fourth-order valence-electron chi connectivity index (χ4n) is 2.08. The molecule has 1 aromatic heterocycles. The number of amidine groups is 2. The molecule has 0 unspecified atom stereocenters. The van der Waals surface area contributed by atoms with Crippen molar-refractivity contribution < 1.29 is 0 Å². The van der Waals surface area contributed by atoms with E-state index in [0.717, 1.165) is 30.6 Å². The van der Waals surface area contributed by atoms with Crippen LogP contribution >= 0.6 is 0 Å². The molecule has 0 bridgehead atoms. The monoisotopic (exact) mass is 188 g/mol. The van der Waals surface area contributed by atoms with E-state index in [1.807, 2.05) is 13.1 Å². The molecule has 0 saturated carbocycles. The molecule has 2 aliphatic rings. The molecule has 72 valence electrons. The first kappa shape index (κ1) is 7.79. The number of fused-ring (bicyclic) bond motifs is 3. The normalized spacial score (nSPS) is 18.9. The zero-order valence-corrected chi connectivity index (χ0v) is 8.33. The molecule has 3 heterocycles. The van der Waals surface area contributed by atoms with Gasteiger partial charge in [0.05, 0.1) is 12.1 Å². The zero-order chi connectivity index (χ0) is 9.71. The van der Waals surface area contributed by atoms with Crippen molar-refractivity contribution in [3.63, 3.8) is 0 Å². The predicted molar refractivity (Wildman–Crippen MR) is 56.4 cm³/mol. The van der Waals surface area contributed by atoms with Crippen LogP contribution in [-0.2, 0) is 0 Å². The van der Waals surface area contributed by atoms with Crippen molar-refractivity contribution in [2.45, 2.75) is 13.8 Å². The molecule has 4 heteroatoms. The fraction of sp³-hybridized carbons (Fsp3) is 0.400. The maximum atomic E-state index is 4.52. The molecular weight excluding hydrogens is 176 g/mol. The average molecular weight is 188 g/mol. The van der Waals surface area contributed by atoms with E-state index in [9.17, 15) is 0 Å². The van der Waals surface area contributed by atoms with Crippen LogP contribution in [0.3, 0.4) is 0 Å². The second-order valence-electron chi connectivity index (χ2n) is 3.71. The van der Waals surface area contributed by atoms with Crippen LogP contribution in [-0.4, -0.2) is 34.6 Å². The van der Waals surface area contributed by atoms with Crippen molar-refractivity contribution in [2.24, 2.45) is 9.98 Å². The molecule has 0 aliphatic carbocycles. The minimum absolute atomic E-state index is 0.881. The highest BCUT2D eigenvalue weighted by atomic mass is 15.3. The molecule has 0 aromatic carbocycles. The summed E-state index contributed by atoms with van der Waals surface area (Å²) >= 11 is 0. The first-order chi connectivity index (χ1) is 6.77.